The highest BCUT2D eigenvalue weighted by Gasteiger charge is 2.47. The third kappa shape index (κ3) is 4.84. The Kier molecular flexibility index (Phi) is 7.22. The fourth-order valence-electron chi connectivity index (χ4n) is 4.63. The maximum Gasteiger partial charge on any atom is 0.300 e. The minimum Gasteiger partial charge on any atom is -0.507 e. The average Bonchev–Trinajstić information content (AvgIpc) is 3.17. The van der Waals surface area contributed by atoms with Gasteiger partial charge in [0.2, 0.25) is 0 Å². The Morgan fingerprint density at radius 3 is 2.00 bits per heavy atom. The van der Waals surface area contributed by atoms with Gasteiger partial charge in [0.05, 0.1) is 25.8 Å². The topological polar surface area (TPSA) is 79.3 Å². The molecule has 7 heteroatoms. The number of aliphatic hydroxyl groups excluding tert-OH is 1. The van der Waals surface area contributed by atoms with E-state index in [2.05, 4.69) is 20.8 Å². The number of aliphatic hydroxyl groups is 1. The molecule has 0 bridgehead atoms. The zero-order valence-corrected chi connectivity index (χ0v) is 22.9. The summed E-state index contributed by atoms with van der Waals surface area (Å²) in [5, 5.41) is 11.5. The molecule has 0 aliphatic carbocycles. The number of carbonyl (C=O) groups excluding carboxylic acids is 2. The van der Waals surface area contributed by atoms with E-state index in [9.17, 15) is 14.7 Å². The predicted molar refractivity (Wildman–Crippen MR) is 150 cm³/mol. The molecule has 198 valence electrons. The molecule has 1 amide bonds. The molecular formula is C31H34N2O5. The van der Waals surface area contributed by atoms with Gasteiger partial charge in [-0.25, -0.2) is 0 Å². The van der Waals surface area contributed by atoms with Gasteiger partial charge in [0.25, 0.3) is 11.7 Å². The molecule has 1 saturated heterocycles. The summed E-state index contributed by atoms with van der Waals surface area (Å²) in [6.45, 7) is 6.37. The lowest BCUT2D eigenvalue weighted by atomic mass is 9.85. The summed E-state index contributed by atoms with van der Waals surface area (Å²) in [6.07, 6.45) is 0. The zero-order valence-electron chi connectivity index (χ0n) is 22.9. The molecule has 1 atom stereocenters. The van der Waals surface area contributed by atoms with E-state index >= 15 is 0 Å². The third-order valence-electron chi connectivity index (χ3n) is 6.84. The van der Waals surface area contributed by atoms with Crippen molar-refractivity contribution < 1.29 is 24.2 Å². The highest BCUT2D eigenvalue weighted by Crippen LogP contribution is 2.43. The number of hydrogen-bond acceptors (Lipinski definition) is 6. The van der Waals surface area contributed by atoms with Crippen molar-refractivity contribution in [1.29, 1.82) is 0 Å². The minimum atomic E-state index is -0.817. The number of ether oxygens (including phenoxy) is 2. The number of ketones is 1. The first-order chi connectivity index (χ1) is 18.0. The lowest BCUT2D eigenvalue weighted by Crippen LogP contribution is -2.29. The van der Waals surface area contributed by atoms with Gasteiger partial charge in [-0.1, -0.05) is 45.0 Å². The highest BCUT2D eigenvalue weighted by atomic mass is 16.5. The molecule has 38 heavy (non-hydrogen) atoms. The maximum absolute atomic E-state index is 13.5. The van der Waals surface area contributed by atoms with Gasteiger partial charge in [-0.05, 0) is 59.0 Å². The van der Waals surface area contributed by atoms with Crippen molar-refractivity contribution in [2.24, 2.45) is 0 Å². The summed E-state index contributed by atoms with van der Waals surface area (Å²) in [6, 6.07) is 19.3. The van der Waals surface area contributed by atoms with Crippen LogP contribution < -0.4 is 19.3 Å². The summed E-state index contributed by atoms with van der Waals surface area (Å²) in [4.78, 5) is 30.4. The van der Waals surface area contributed by atoms with Gasteiger partial charge < -0.3 is 19.5 Å². The third-order valence-corrected chi connectivity index (χ3v) is 6.84. The van der Waals surface area contributed by atoms with Crippen molar-refractivity contribution in [3.05, 3.63) is 89.0 Å². The molecule has 7 nitrogen and oxygen atoms in total. The van der Waals surface area contributed by atoms with Gasteiger partial charge in [-0.15, -0.1) is 0 Å². The normalized spacial score (nSPS) is 17.0. The quantitative estimate of drug-likeness (QED) is 0.259. The summed E-state index contributed by atoms with van der Waals surface area (Å²) >= 11 is 0. The Morgan fingerprint density at radius 2 is 1.47 bits per heavy atom. The molecule has 1 N–H and O–H groups in total. The van der Waals surface area contributed by atoms with Gasteiger partial charge in [0, 0.05) is 31.0 Å². The Hall–Kier alpha value is -4.26. The fourth-order valence-corrected chi connectivity index (χ4v) is 4.63. The van der Waals surface area contributed by atoms with Crippen LogP contribution in [0.2, 0.25) is 0 Å². The van der Waals surface area contributed by atoms with Crippen LogP contribution in [0.25, 0.3) is 5.76 Å². The first-order valence-corrected chi connectivity index (χ1v) is 12.4. The van der Waals surface area contributed by atoms with E-state index < -0.39 is 17.7 Å². The lowest BCUT2D eigenvalue weighted by molar-refractivity contribution is -0.132. The minimum absolute atomic E-state index is 0.0161. The number of rotatable bonds is 6. The summed E-state index contributed by atoms with van der Waals surface area (Å²) < 4.78 is 10.7. The smallest absolute Gasteiger partial charge is 0.300 e. The second-order valence-electron chi connectivity index (χ2n) is 10.5. The van der Waals surface area contributed by atoms with Gasteiger partial charge in [0.1, 0.15) is 5.76 Å². The van der Waals surface area contributed by atoms with E-state index in [1.54, 1.807) is 18.2 Å². The molecule has 1 aliphatic rings. The first kappa shape index (κ1) is 26.8. The maximum atomic E-state index is 13.5. The molecule has 4 rings (SSSR count). The molecule has 0 spiro atoms. The number of carbonyl (C=O) groups is 2. The largest absolute Gasteiger partial charge is 0.507 e. The van der Waals surface area contributed by atoms with Gasteiger partial charge in [-0.3, -0.25) is 14.5 Å². The van der Waals surface area contributed by atoms with E-state index in [1.807, 2.05) is 67.5 Å². The van der Waals surface area contributed by atoms with E-state index in [0.717, 1.165) is 16.8 Å². The second kappa shape index (κ2) is 10.2. The van der Waals surface area contributed by atoms with Crippen molar-refractivity contribution in [3.8, 4) is 11.5 Å². The van der Waals surface area contributed by atoms with Crippen molar-refractivity contribution in [2.75, 3.05) is 38.1 Å². The molecule has 0 aromatic heterocycles. The van der Waals surface area contributed by atoms with Crippen molar-refractivity contribution in [1.82, 2.24) is 0 Å². The predicted octanol–water partition coefficient (Wildman–Crippen LogP) is 5.69. The number of Topliss-reactive ketones (excluding diaryl/α,β-unsaturated/α-hetero) is 1. The zero-order chi connectivity index (χ0) is 27.8. The summed E-state index contributed by atoms with van der Waals surface area (Å²) in [5.74, 6) is -0.842. The number of anilines is 2. The Bertz CT molecular complexity index is 1380. The van der Waals surface area contributed by atoms with Gasteiger partial charge in [-0.2, -0.15) is 0 Å². The van der Waals surface area contributed by atoms with Crippen LogP contribution in [0.4, 0.5) is 11.4 Å². The molecule has 1 fully saturated rings. The fraction of sp³-hybridized carbons (Fsp3) is 0.290. The van der Waals surface area contributed by atoms with Crippen molar-refractivity contribution >= 4 is 28.8 Å². The number of hydrogen-bond donors (Lipinski definition) is 1. The number of benzene rings is 3. The number of methoxy groups -OCH3 is 2. The van der Waals surface area contributed by atoms with E-state index in [0.29, 0.717) is 22.7 Å². The van der Waals surface area contributed by atoms with E-state index in [-0.39, 0.29) is 16.7 Å². The van der Waals surface area contributed by atoms with E-state index in [1.165, 1.54) is 19.1 Å². The highest BCUT2D eigenvalue weighted by molar-refractivity contribution is 6.51. The average molecular weight is 515 g/mol. The molecule has 3 aromatic rings. The van der Waals surface area contributed by atoms with Gasteiger partial charge in [0.15, 0.2) is 11.5 Å². The van der Waals surface area contributed by atoms with Crippen molar-refractivity contribution in [3.63, 3.8) is 0 Å². The summed E-state index contributed by atoms with van der Waals surface area (Å²) in [7, 11) is 6.88. The Labute approximate surface area is 223 Å². The standard InChI is InChI=1S/C31H34N2O5/c1-31(2,3)21-11-8-19(9-12-21)27-26(28(34)20-10-17-24(37-6)25(18-20)38-7)29(35)30(36)33(27)23-15-13-22(14-16-23)32(4)5/h8-18,27,34H,1-7H3/b28-26-. The number of nitrogens with zero attached hydrogens (tertiary/aromatic N) is 2. The number of amides is 1. The van der Waals surface area contributed by atoms with Crippen LogP contribution in [0.5, 0.6) is 11.5 Å². The molecular weight excluding hydrogens is 480 g/mol. The monoisotopic (exact) mass is 514 g/mol. The molecule has 0 radical (unpaired) electrons. The summed E-state index contributed by atoms with van der Waals surface area (Å²) in [5.41, 5.74) is 3.66. The molecule has 1 aliphatic heterocycles. The van der Waals surface area contributed by atoms with Crippen LogP contribution >= 0.6 is 0 Å². The molecule has 3 aromatic carbocycles. The van der Waals surface area contributed by atoms with Crippen LogP contribution in [0.3, 0.4) is 0 Å². The Morgan fingerprint density at radius 1 is 0.868 bits per heavy atom. The second-order valence-corrected chi connectivity index (χ2v) is 10.5. The van der Waals surface area contributed by atoms with Crippen LogP contribution in [0, 0.1) is 0 Å². The van der Waals surface area contributed by atoms with Crippen molar-refractivity contribution in [2.45, 2.75) is 32.2 Å². The Balaban J connectivity index is 1.91. The molecule has 0 saturated carbocycles. The van der Waals surface area contributed by atoms with Gasteiger partial charge >= 0.3 is 0 Å². The van der Waals surface area contributed by atoms with Crippen LogP contribution in [0.1, 0.15) is 43.5 Å². The van der Waals surface area contributed by atoms with Crippen LogP contribution in [0.15, 0.2) is 72.3 Å². The van der Waals surface area contributed by atoms with E-state index in [4.69, 9.17) is 9.47 Å². The van der Waals surface area contributed by atoms with Crippen LogP contribution in [-0.4, -0.2) is 45.1 Å². The van der Waals surface area contributed by atoms with Crippen LogP contribution in [-0.2, 0) is 15.0 Å². The SMILES string of the molecule is COc1ccc(/C(O)=C2/C(=O)C(=O)N(c3ccc(N(C)C)cc3)C2c2ccc(C(C)(C)C)cc2)cc1OC. The lowest BCUT2D eigenvalue weighted by Gasteiger charge is -2.27. The molecule has 1 unspecified atom stereocenters. The molecule has 1 heterocycles. The first-order valence-electron chi connectivity index (χ1n) is 12.4.